The Bertz CT molecular complexity index is 203. The number of hydrogen-bond acceptors (Lipinski definition) is 3. The van der Waals surface area contributed by atoms with Gasteiger partial charge in [0.1, 0.15) is 5.54 Å². The fourth-order valence-electron chi connectivity index (χ4n) is 1.57. The summed E-state index contributed by atoms with van der Waals surface area (Å²) < 4.78 is 0. The zero-order chi connectivity index (χ0) is 11.4. The van der Waals surface area contributed by atoms with Gasteiger partial charge in [0.05, 0.1) is 6.07 Å². The molecular formula is C11H23N3. The second-order valence-electron chi connectivity index (χ2n) is 4.92. The Morgan fingerprint density at radius 3 is 2.29 bits per heavy atom. The molecule has 14 heavy (non-hydrogen) atoms. The third-order valence-electron chi connectivity index (χ3n) is 2.40. The molecule has 2 atom stereocenters. The van der Waals surface area contributed by atoms with Crippen LogP contribution in [-0.2, 0) is 0 Å². The second kappa shape index (κ2) is 5.33. The van der Waals surface area contributed by atoms with Crippen molar-refractivity contribution < 1.29 is 0 Å². The summed E-state index contributed by atoms with van der Waals surface area (Å²) in [4.78, 5) is 2.16. The first-order valence-electron chi connectivity index (χ1n) is 5.19. The van der Waals surface area contributed by atoms with Crippen LogP contribution < -0.4 is 5.73 Å². The Morgan fingerprint density at radius 2 is 1.93 bits per heavy atom. The molecule has 0 aliphatic rings. The molecule has 0 aromatic carbocycles. The Kier molecular flexibility index (Phi) is 5.11. The van der Waals surface area contributed by atoms with Crippen molar-refractivity contribution in [3.05, 3.63) is 0 Å². The summed E-state index contributed by atoms with van der Waals surface area (Å²) in [5, 5.41) is 8.80. The molecule has 2 N–H and O–H groups in total. The van der Waals surface area contributed by atoms with Crippen molar-refractivity contribution in [1.29, 1.82) is 5.26 Å². The molecule has 0 radical (unpaired) electrons. The molecule has 0 aromatic heterocycles. The van der Waals surface area contributed by atoms with Gasteiger partial charge in [-0.15, -0.1) is 0 Å². The summed E-state index contributed by atoms with van der Waals surface area (Å²) in [5.74, 6) is 0.679. The molecule has 0 bridgehead atoms. The minimum atomic E-state index is -0.736. The number of rotatable bonds is 5. The summed E-state index contributed by atoms with van der Waals surface area (Å²) in [6, 6.07) is 2.59. The minimum absolute atomic E-state index is 0.478. The van der Waals surface area contributed by atoms with E-state index in [1.807, 2.05) is 7.05 Å². The van der Waals surface area contributed by atoms with Gasteiger partial charge in [0.2, 0.25) is 0 Å². The van der Waals surface area contributed by atoms with Gasteiger partial charge in [0.25, 0.3) is 0 Å². The lowest BCUT2D eigenvalue weighted by atomic mass is 10.0. The highest BCUT2D eigenvalue weighted by molar-refractivity contribution is 5.03. The average Bonchev–Trinajstić information content (AvgIpc) is 2.02. The Hall–Kier alpha value is -0.590. The SMILES string of the molecule is CC(C)CC(C)N(C)CC(C)(N)C#N. The van der Waals surface area contributed by atoms with Crippen LogP contribution in [0, 0.1) is 17.2 Å². The van der Waals surface area contributed by atoms with Gasteiger partial charge in [-0.05, 0) is 33.2 Å². The Balaban J connectivity index is 4.09. The molecule has 0 heterocycles. The lowest BCUT2D eigenvalue weighted by Crippen LogP contribution is -2.48. The summed E-state index contributed by atoms with van der Waals surface area (Å²) in [5.41, 5.74) is 5.05. The van der Waals surface area contributed by atoms with Crippen LogP contribution in [0.25, 0.3) is 0 Å². The molecule has 2 unspecified atom stereocenters. The Morgan fingerprint density at radius 1 is 1.43 bits per heavy atom. The highest BCUT2D eigenvalue weighted by Crippen LogP contribution is 2.11. The first kappa shape index (κ1) is 13.4. The summed E-state index contributed by atoms with van der Waals surface area (Å²) in [7, 11) is 2.02. The van der Waals surface area contributed by atoms with E-state index >= 15 is 0 Å². The van der Waals surface area contributed by atoms with Gasteiger partial charge >= 0.3 is 0 Å². The third kappa shape index (κ3) is 5.21. The van der Waals surface area contributed by atoms with E-state index in [1.54, 1.807) is 6.92 Å². The molecule has 0 fully saturated rings. The van der Waals surface area contributed by atoms with Crippen molar-refractivity contribution in [1.82, 2.24) is 4.90 Å². The molecule has 0 amide bonds. The largest absolute Gasteiger partial charge is 0.313 e. The summed E-state index contributed by atoms with van der Waals surface area (Å²) in [6.45, 7) is 8.98. The van der Waals surface area contributed by atoms with Crippen LogP contribution in [0.2, 0.25) is 0 Å². The zero-order valence-electron chi connectivity index (χ0n) is 10.0. The maximum absolute atomic E-state index is 8.80. The predicted molar refractivity (Wildman–Crippen MR) is 59.8 cm³/mol. The van der Waals surface area contributed by atoms with E-state index in [0.717, 1.165) is 6.42 Å². The predicted octanol–water partition coefficient (Wildman–Crippen LogP) is 1.59. The maximum atomic E-state index is 8.80. The molecule has 0 rings (SSSR count). The van der Waals surface area contributed by atoms with Gasteiger partial charge in [-0.1, -0.05) is 13.8 Å². The van der Waals surface area contributed by atoms with Crippen LogP contribution in [0.4, 0.5) is 0 Å². The fraction of sp³-hybridized carbons (Fsp3) is 0.909. The van der Waals surface area contributed by atoms with E-state index in [4.69, 9.17) is 11.0 Å². The first-order valence-corrected chi connectivity index (χ1v) is 5.19. The standard InChI is InChI=1S/C11H23N3/c1-9(2)6-10(3)14(5)8-11(4,13)7-12/h9-10H,6,8,13H2,1-5H3. The van der Waals surface area contributed by atoms with Crippen molar-refractivity contribution in [2.24, 2.45) is 11.7 Å². The number of likely N-dealkylation sites (N-methyl/N-ethyl adjacent to an activating group) is 1. The van der Waals surface area contributed by atoms with Gasteiger partial charge in [-0.2, -0.15) is 5.26 Å². The fourth-order valence-corrected chi connectivity index (χ4v) is 1.57. The van der Waals surface area contributed by atoms with Crippen LogP contribution in [0.15, 0.2) is 0 Å². The van der Waals surface area contributed by atoms with Crippen molar-refractivity contribution in [3.63, 3.8) is 0 Å². The number of nitrogens with two attached hydrogens (primary N) is 1. The van der Waals surface area contributed by atoms with Gasteiger partial charge in [0.15, 0.2) is 0 Å². The van der Waals surface area contributed by atoms with Crippen LogP contribution >= 0.6 is 0 Å². The quantitative estimate of drug-likeness (QED) is 0.728. The topological polar surface area (TPSA) is 53.0 Å². The van der Waals surface area contributed by atoms with E-state index in [2.05, 4.69) is 31.7 Å². The molecule has 0 aromatic rings. The summed E-state index contributed by atoms with van der Waals surface area (Å²) >= 11 is 0. The summed E-state index contributed by atoms with van der Waals surface area (Å²) in [6.07, 6.45) is 1.14. The first-order chi connectivity index (χ1) is 6.28. The van der Waals surface area contributed by atoms with Crippen LogP contribution in [0.3, 0.4) is 0 Å². The number of nitriles is 1. The minimum Gasteiger partial charge on any atom is -0.313 e. The lowest BCUT2D eigenvalue weighted by molar-refractivity contribution is 0.203. The molecular weight excluding hydrogens is 174 g/mol. The number of hydrogen-bond donors (Lipinski definition) is 1. The second-order valence-corrected chi connectivity index (χ2v) is 4.92. The number of nitrogens with zero attached hydrogens (tertiary/aromatic N) is 2. The third-order valence-corrected chi connectivity index (χ3v) is 2.40. The molecule has 82 valence electrons. The normalized spacial score (nSPS) is 17.9. The van der Waals surface area contributed by atoms with E-state index in [9.17, 15) is 0 Å². The van der Waals surface area contributed by atoms with Crippen LogP contribution in [0.5, 0.6) is 0 Å². The molecule has 0 saturated heterocycles. The zero-order valence-corrected chi connectivity index (χ0v) is 10.0. The molecule has 3 nitrogen and oxygen atoms in total. The van der Waals surface area contributed by atoms with E-state index < -0.39 is 5.54 Å². The van der Waals surface area contributed by atoms with E-state index in [-0.39, 0.29) is 0 Å². The van der Waals surface area contributed by atoms with Gasteiger partial charge in [-0.25, -0.2) is 0 Å². The van der Waals surface area contributed by atoms with Gasteiger partial charge in [0, 0.05) is 12.6 Å². The molecule has 0 aliphatic heterocycles. The van der Waals surface area contributed by atoms with E-state index in [0.29, 0.717) is 18.5 Å². The average molecular weight is 197 g/mol. The highest BCUT2D eigenvalue weighted by Gasteiger charge is 2.22. The van der Waals surface area contributed by atoms with Crippen molar-refractivity contribution >= 4 is 0 Å². The van der Waals surface area contributed by atoms with Gasteiger partial charge in [-0.3, -0.25) is 0 Å². The van der Waals surface area contributed by atoms with Crippen molar-refractivity contribution in [3.8, 4) is 6.07 Å². The Labute approximate surface area is 87.9 Å². The molecule has 0 spiro atoms. The smallest absolute Gasteiger partial charge is 0.114 e. The highest BCUT2D eigenvalue weighted by atomic mass is 15.1. The van der Waals surface area contributed by atoms with Crippen molar-refractivity contribution in [2.75, 3.05) is 13.6 Å². The molecule has 0 saturated carbocycles. The molecule has 0 aliphatic carbocycles. The lowest BCUT2D eigenvalue weighted by Gasteiger charge is -2.30. The van der Waals surface area contributed by atoms with Crippen molar-refractivity contribution in [2.45, 2.75) is 45.7 Å². The van der Waals surface area contributed by atoms with E-state index in [1.165, 1.54) is 0 Å². The monoisotopic (exact) mass is 197 g/mol. The van der Waals surface area contributed by atoms with Crippen LogP contribution in [0.1, 0.15) is 34.1 Å². The maximum Gasteiger partial charge on any atom is 0.114 e. The van der Waals surface area contributed by atoms with Crippen LogP contribution in [-0.4, -0.2) is 30.1 Å². The van der Waals surface area contributed by atoms with Gasteiger partial charge < -0.3 is 10.6 Å². The molecule has 3 heteroatoms.